The van der Waals surface area contributed by atoms with Crippen LogP contribution in [0.1, 0.15) is 61.1 Å². The minimum Gasteiger partial charge on any atom is -0.438 e. The molecule has 2 aromatic carbocycles. The fraction of sp³-hybridized carbons (Fsp3) is 0.391. The zero-order chi connectivity index (χ0) is 21.2. The molecule has 2 amide bonds. The first-order valence-electron chi connectivity index (χ1n) is 9.79. The van der Waals surface area contributed by atoms with Gasteiger partial charge in [-0.05, 0) is 44.0 Å². The Morgan fingerprint density at radius 2 is 1.83 bits per heavy atom. The molecule has 1 aliphatic rings. The van der Waals surface area contributed by atoms with E-state index in [-0.39, 0.29) is 6.04 Å². The monoisotopic (exact) mass is 396 g/mol. The van der Waals surface area contributed by atoms with E-state index < -0.39 is 23.2 Å². The van der Waals surface area contributed by atoms with E-state index in [0.717, 1.165) is 11.1 Å². The normalized spacial score (nSPS) is 20.8. The Kier molecular flexibility index (Phi) is 5.66. The number of cyclic esters (lactones) is 1. The Morgan fingerprint density at radius 1 is 1.21 bits per heavy atom. The van der Waals surface area contributed by atoms with Gasteiger partial charge in [0.2, 0.25) is 5.91 Å². The molecular weight excluding hydrogens is 368 g/mol. The Balaban J connectivity index is 1.83. The molecule has 1 aliphatic heterocycles. The number of hydrogen-bond donors (Lipinski definition) is 2. The molecule has 0 unspecified atom stereocenters. The van der Waals surface area contributed by atoms with Crippen LogP contribution < -0.4 is 5.73 Å². The van der Waals surface area contributed by atoms with Gasteiger partial charge in [-0.1, -0.05) is 42.5 Å². The molecule has 0 aliphatic carbocycles. The molecule has 0 aromatic heterocycles. The van der Waals surface area contributed by atoms with Crippen molar-refractivity contribution in [2.24, 2.45) is 5.73 Å². The number of ether oxygens (including phenoxy) is 1. The van der Waals surface area contributed by atoms with E-state index in [9.17, 15) is 14.7 Å². The molecule has 154 valence electrons. The summed E-state index contributed by atoms with van der Waals surface area (Å²) in [4.78, 5) is 26.0. The van der Waals surface area contributed by atoms with Gasteiger partial charge in [0.1, 0.15) is 5.60 Å². The van der Waals surface area contributed by atoms with Crippen molar-refractivity contribution in [3.8, 4) is 0 Å². The lowest BCUT2D eigenvalue weighted by Gasteiger charge is -2.45. The average Bonchev–Trinajstić information content (AvgIpc) is 2.67. The van der Waals surface area contributed by atoms with E-state index in [2.05, 4.69) is 0 Å². The molecule has 29 heavy (non-hydrogen) atoms. The summed E-state index contributed by atoms with van der Waals surface area (Å²) in [5.74, 6) is -0.485. The first-order valence-corrected chi connectivity index (χ1v) is 9.79. The number of nitrogens with two attached hydrogens (primary N) is 1. The summed E-state index contributed by atoms with van der Waals surface area (Å²) in [6.45, 7) is 5.86. The molecule has 2 aromatic rings. The van der Waals surface area contributed by atoms with Crippen molar-refractivity contribution in [1.29, 1.82) is 0 Å². The predicted octanol–water partition coefficient (Wildman–Crippen LogP) is 3.75. The van der Waals surface area contributed by atoms with E-state index in [4.69, 9.17) is 10.5 Å². The molecule has 3 N–H and O–H groups in total. The number of nitrogens with zero attached hydrogens (tertiary/aromatic N) is 1. The van der Waals surface area contributed by atoms with Crippen LogP contribution in [-0.2, 0) is 10.3 Å². The topological polar surface area (TPSA) is 92.9 Å². The highest BCUT2D eigenvalue weighted by atomic mass is 16.6. The minimum atomic E-state index is -0.992. The Morgan fingerprint density at radius 3 is 2.34 bits per heavy atom. The molecule has 0 bridgehead atoms. The summed E-state index contributed by atoms with van der Waals surface area (Å²) in [6.07, 6.45) is 0.456. The Hall–Kier alpha value is -2.86. The molecule has 0 saturated carbocycles. The fourth-order valence-electron chi connectivity index (χ4n) is 4.00. The van der Waals surface area contributed by atoms with Crippen molar-refractivity contribution >= 4 is 12.0 Å². The maximum atomic E-state index is 13.0. The standard InChI is InChI=1S/C23H28N2O4/c1-16(17-9-11-18(12-10-17)20(24)26)25-14-13-23(29-21(25)27,15-22(2,3)28)19-7-5-4-6-8-19/h4-12,16,28H,13-15H2,1-3H3,(H2,24,26)/t16-,23-/m0/s1. The van der Waals surface area contributed by atoms with E-state index in [1.807, 2.05) is 37.3 Å². The van der Waals surface area contributed by atoms with Crippen molar-refractivity contribution < 1.29 is 19.4 Å². The van der Waals surface area contributed by atoms with Gasteiger partial charge in [-0.2, -0.15) is 0 Å². The highest BCUT2D eigenvalue weighted by molar-refractivity contribution is 5.92. The minimum absolute atomic E-state index is 0.222. The van der Waals surface area contributed by atoms with Crippen LogP contribution in [0.15, 0.2) is 54.6 Å². The second-order valence-electron chi connectivity index (χ2n) is 8.32. The van der Waals surface area contributed by atoms with Gasteiger partial charge in [0.15, 0.2) is 0 Å². The molecule has 6 heteroatoms. The molecular formula is C23H28N2O4. The average molecular weight is 396 g/mol. The lowest BCUT2D eigenvalue weighted by atomic mass is 9.80. The summed E-state index contributed by atoms with van der Waals surface area (Å²) in [7, 11) is 0. The number of carbonyl (C=O) groups is 2. The molecule has 0 radical (unpaired) electrons. The third-order valence-electron chi connectivity index (χ3n) is 5.44. The van der Waals surface area contributed by atoms with Gasteiger partial charge in [-0.15, -0.1) is 0 Å². The van der Waals surface area contributed by atoms with Gasteiger partial charge < -0.3 is 20.5 Å². The number of carbonyl (C=O) groups excluding carboxylic acids is 2. The maximum absolute atomic E-state index is 13.0. The number of rotatable bonds is 6. The van der Waals surface area contributed by atoms with Gasteiger partial charge in [0.05, 0.1) is 11.6 Å². The molecule has 1 saturated heterocycles. The van der Waals surface area contributed by atoms with Gasteiger partial charge in [-0.3, -0.25) is 4.79 Å². The van der Waals surface area contributed by atoms with E-state index in [1.54, 1.807) is 43.0 Å². The van der Waals surface area contributed by atoms with Crippen molar-refractivity contribution in [1.82, 2.24) is 4.90 Å². The third-order valence-corrected chi connectivity index (χ3v) is 5.44. The van der Waals surface area contributed by atoms with Crippen LogP contribution in [0.3, 0.4) is 0 Å². The van der Waals surface area contributed by atoms with Gasteiger partial charge in [-0.25, -0.2) is 4.79 Å². The van der Waals surface area contributed by atoms with Crippen LogP contribution in [0.25, 0.3) is 0 Å². The molecule has 6 nitrogen and oxygen atoms in total. The Labute approximate surface area is 171 Å². The van der Waals surface area contributed by atoms with Gasteiger partial charge >= 0.3 is 6.09 Å². The third kappa shape index (κ3) is 4.59. The molecule has 0 spiro atoms. The fourth-order valence-corrected chi connectivity index (χ4v) is 4.00. The number of hydrogen-bond acceptors (Lipinski definition) is 4. The van der Waals surface area contributed by atoms with Gasteiger partial charge in [0.25, 0.3) is 0 Å². The second kappa shape index (κ2) is 7.87. The van der Waals surface area contributed by atoms with Crippen LogP contribution in [-0.4, -0.2) is 34.2 Å². The van der Waals surface area contributed by atoms with E-state index in [0.29, 0.717) is 24.9 Å². The molecule has 3 rings (SSSR count). The molecule has 2 atom stereocenters. The second-order valence-corrected chi connectivity index (χ2v) is 8.32. The zero-order valence-corrected chi connectivity index (χ0v) is 17.1. The quantitative estimate of drug-likeness (QED) is 0.778. The van der Waals surface area contributed by atoms with Gasteiger partial charge in [0, 0.05) is 24.9 Å². The van der Waals surface area contributed by atoms with Crippen LogP contribution in [0, 0.1) is 0 Å². The van der Waals surface area contributed by atoms with E-state index >= 15 is 0 Å². The smallest absolute Gasteiger partial charge is 0.411 e. The zero-order valence-electron chi connectivity index (χ0n) is 17.1. The first kappa shape index (κ1) is 20.9. The predicted molar refractivity (Wildman–Crippen MR) is 110 cm³/mol. The highest BCUT2D eigenvalue weighted by Gasteiger charge is 2.46. The Bertz CT molecular complexity index is 874. The number of amides is 2. The first-order chi connectivity index (χ1) is 13.6. The summed E-state index contributed by atoms with van der Waals surface area (Å²) >= 11 is 0. The number of primary amides is 1. The SMILES string of the molecule is C[C@@H](c1ccc(C(N)=O)cc1)N1CC[C@](CC(C)(C)O)(c2ccccc2)OC1=O. The maximum Gasteiger partial charge on any atom is 0.411 e. The molecule has 1 heterocycles. The highest BCUT2D eigenvalue weighted by Crippen LogP contribution is 2.42. The van der Waals surface area contributed by atoms with E-state index in [1.165, 1.54) is 0 Å². The van der Waals surface area contributed by atoms with Crippen LogP contribution >= 0.6 is 0 Å². The summed E-state index contributed by atoms with van der Waals surface area (Å²) in [5, 5.41) is 10.5. The summed E-state index contributed by atoms with van der Waals surface area (Å²) in [6, 6.07) is 16.3. The van der Waals surface area contributed by atoms with Crippen LogP contribution in [0.4, 0.5) is 4.79 Å². The van der Waals surface area contributed by atoms with Crippen molar-refractivity contribution in [2.45, 2.75) is 50.9 Å². The van der Waals surface area contributed by atoms with Crippen LogP contribution in [0.2, 0.25) is 0 Å². The van der Waals surface area contributed by atoms with Crippen LogP contribution in [0.5, 0.6) is 0 Å². The molecule has 1 fully saturated rings. The van der Waals surface area contributed by atoms with Crippen molar-refractivity contribution in [3.63, 3.8) is 0 Å². The lowest BCUT2D eigenvalue weighted by molar-refractivity contribution is -0.101. The number of aliphatic hydroxyl groups is 1. The summed E-state index contributed by atoms with van der Waals surface area (Å²) in [5.41, 5.74) is 5.63. The van der Waals surface area contributed by atoms with Crippen molar-refractivity contribution in [2.75, 3.05) is 6.54 Å². The number of benzene rings is 2. The largest absolute Gasteiger partial charge is 0.438 e. The lowest BCUT2D eigenvalue weighted by Crippen LogP contribution is -2.51. The van der Waals surface area contributed by atoms with Crippen molar-refractivity contribution in [3.05, 3.63) is 71.3 Å². The summed E-state index contributed by atoms with van der Waals surface area (Å²) < 4.78 is 6.01.